The predicted molar refractivity (Wildman–Crippen MR) is 134 cm³/mol. The molecule has 0 saturated carbocycles. The lowest BCUT2D eigenvalue weighted by atomic mass is 10.1. The SMILES string of the molecule is CCCn1cnnc1-c1cccc(N2Cc3c(cc(N4CCC[C@H]4C)nc3CNC)C2=O)n1.Cl. The molecule has 180 valence electrons. The normalized spacial score (nSPS) is 17.3. The average molecular weight is 483 g/mol. The molecule has 2 aliphatic rings. The van der Waals surface area contributed by atoms with Gasteiger partial charge in [-0.25, -0.2) is 9.97 Å². The highest BCUT2D eigenvalue weighted by molar-refractivity contribution is 6.10. The molecule has 0 unspecified atom stereocenters. The molecule has 0 bridgehead atoms. The van der Waals surface area contributed by atoms with E-state index in [9.17, 15) is 4.79 Å². The van der Waals surface area contributed by atoms with Crippen LogP contribution in [0.2, 0.25) is 0 Å². The van der Waals surface area contributed by atoms with Crippen LogP contribution in [-0.2, 0) is 19.6 Å². The summed E-state index contributed by atoms with van der Waals surface area (Å²) in [7, 11) is 1.91. The maximum atomic E-state index is 13.6. The van der Waals surface area contributed by atoms with Crippen LogP contribution < -0.4 is 15.1 Å². The van der Waals surface area contributed by atoms with Gasteiger partial charge in [0.25, 0.3) is 5.91 Å². The number of rotatable bonds is 7. The average Bonchev–Trinajstić information content (AvgIpc) is 3.54. The highest BCUT2D eigenvalue weighted by Crippen LogP contribution is 2.34. The first kappa shape index (κ1) is 24.1. The summed E-state index contributed by atoms with van der Waals surface area (Å²) in [5, 5.41) is 11.5. The summed E-state index contributed by atoms with van der Waals surface area (Å²) >= 11 is 0. The van der Waals surface area contributed by atoms with Crippen LogP contribution in [0.5, 0.6) is 0 Å². The van der Waals surface area contributed by atoms with Crippen LogP contribution in [0, 0.1) is 0 Å². The number of carbonyl (C=O) groups excluding carboxylic acids is 1. The summed E-state index contributed by atoms with van der Waals surface area (Å²) in [6.07, 6.45) is 5.00. The van der Waals surface area contributed by atoms with Crippen LogP contribution in [0.1, 0.15) is 54.7 Å². The van der Waals surface area contributed by atoms with Crippen LogP contribution in [-0.4, -0.2) is 50.3 Å². The van der Waals surface area contributed by atoms with Crippen molar-refractivity contribution in [2.75, 3.05) is 23.4 Å². The Morgan fingerprint density at radius 1 is 1.21 bits per heavy atom. The minimum Gasteiger partial charge on any atom is -0.354 e. The molecule has 1 atom stereocenters. The first-order valence-corrected chi connectivity index (χ1v) is 11.7. The van der Waals surface area contributed by atoms with E-state index in [0.29, 0.717) is 36.5 Å². The number of amides is 1. The van der Waals surface area contributed by atoms with Crippen molar-refractivity contribution < 1.29 is 4.79 Å². The number of aryl methyl sites for hydroxylation is 1. The maximum absolute atomic E-state index is 13.6. The molecular formula is C24H31ClN8O. The number of hydrogen-bond donors (Lipinski definition) is 1. The van der Waals surface area contributed by atoms with Crippen molar-refractivity contribution in [3.63, 3.8) is 0 Å². The van der Waals surface area contributed by atoms with Gasteiger partial charge in [-0.15, -0.1) is 22.6 Å². The van der Waals surface area contributed by atoms with Crippen LogP contribution in [0.15, 0.2) is 30.6 Å². The number of fused-ring (bicyclic) bond motifs is 1. The van der Waals surface area contributed by atoms with Gasteiger partial charge in [0, 0.05) is 31.2 Å². The van der Waals surface area contributed by atoms with E-state index in [0.717, 1.165) is 55.0 Å². The zero-order valence-corrected chi connectivity index (χ0v) is 20.7. The van der Waals surface area contributed by atoms with E-state index >= 15 is 0 Å². The third-order valence-electron chi connectivity index (χ3n) is 6.50. The topological polar surface area (TPSA) is 92.1 Å². The molecule has 2 aliphatic heterocycles. The molecule has 0 aromatic carbocycles. The second-order valence-electron chi connectivity index (χ2n) is 8.79. The van der Waals surface area contributed by atoms with Crippen molar-refractivity contribution in [1.82, 2.24) is 30.0 Å². The van der Waals surface area contributed by atoms with E-state index in [1.165, 1.54) is 0 Å². The Morgan fingerprint density at radius 2 is 2.06 bits per heavy atom. The molecule has 3 aromatic heterocycles. The third kappa shape index (κ3) is 4.25. The summed E-state index contributed by atoms with van der Waals surface area (Å²) in [4.78, 5) is 27.4. The lowest BCUT2D eigenvalue weighted by molar-refractivity contribution is 0.0996. The summed E-state index contributed by atoms with van der Waals surface area (Å²) in [5.41, 5.74) is 3.35. The van der Waals surface area contributed by atoms with Gasteiger partial charge in [-0.05, 0) is 51.4 Å². The number of nitrogens with zero attached hydrogens (tertiary/aromatic N) is 7. The molecule has 9 nitrogen and oxygen atoms in total. The van der Waals surface area contributed by atoms with E-state index in [1.807, 2.05) is 35.9 Å². The number of pyridine rings is 2. The molecule has 5 heterocycles. The van der Waals surface area contributed by atoms with Gasteiger partial charge in [-0.3, -0.25) is 9.69 Å². The number of nitrogens with one attached hydrogen (secondary N) is 1. The van der Waals surface area contributed by atoms with Crippen LogP contribution in [0.3, 0.4) is 0 Å². The van der Waals surface area contributed by atoms with E-state index in [1.54, 1.807) is 11.2 Å². The fourth-order valence-corrected chi connectivity index (χ4v) is 4.83. The smallest absolute Gasteiger partial charge is 0.260 e. The highest BCUT2D eigenvalue weighted by Gasteiger charge is 2.34. The standard InChI is InChI=1S/C24H30N8O.ClH/c1-4-10-30-15-26-29-23(30)19-8-5-9-21(27-19)32-14-18-17(24(32)33)12-22(28-20(18)13-25-3)31-11-6-7-16(31)2;/h5,8-9,12,15-16,25H,4,6-7,10-11,13-14H2,1-3H3;1H/t16-;/m1./s1. The van der Waals surface area contributed by atoms with Gasteiger partial charge < -0.3 is 14.8 Å². The predicted octanol–water partition coefficient (Wildman–Crippen LogP) is 3.44. The molecular weight excluding hydrogens is 452 g/mol. The Bertz CT molecular complexity index is 1180. The first-order valence-electron chi connectivity index (χ1n) is 11.7. The van der Waals surface area contributed by atoms with Gasteiger partial charge in [0.15, 0.2) is 5.82 Å². The molecule has 1 N–H and O–H groups in total. The first-order chi connectivity index (χ1) is 16.1. The van der Waals surface area contributed by atoms with Gasteiger partial charge in [0.05, 0.1) is 17.8 Å². The summed E-state index contributed by atoms with van der Waals surface area (Å²) in [6, 6.07) is 8.12. The fraction of sp³-hybridized carbons (Fsp3) is 0.458. The van der Waals surface area contributed by atoms with E-state index in [-0.39, 0.29) is 18.3 Å². The van der Waals surface area contributed by atoms with Gasteiger partial charge in [-0.2, -0.15) is 0 Å². The van der Waals surface area contributed by atoms with Crippen molar-refractivity contribution >= 4 is 29.9 Å². The minimum atomic E-state index is -0.0301. The Morgan fingerprint density at radius 3 is 2.79 bits per heavy atom. The molecule has 0 spiro atoms. The fourth-order valence-electron chi connectivity index (χ4n) is 4.83. The van der Waals surface area contributed by atoms with Crippen LogP contribution >= 0.6 is 12.4 Å². The summed E-state index contributed by atoms with van der Waals surface area (Å²) in [6.45, 7) is 7.21. The van der Waals surface area contributed by atoms with Crippen molar-refractivity contribution in [3.05, 3.63) is 47.4 Å². The Hall–Kier alpha value is -3.04. The van der Waals surface area contributed by atoms with Crippen molar-refractivity contribution in [2.45, 2.75) is 58.8 Å². The van der Waals surface area contributed by atoms with E-state index < -0.39 is 0 Å². The van der Waals surface area contributed by atoms with Gasteiger partial charge >= 0.3 is 0 Å². The third-order valence-corrected chi connectivity index (χ3v) is 6.50. The largest absolute Gasteiger partial charge is 0.354 e. The zero-order valence-electron chi connectivity index (χ0n) is 19.9. The highest BCUT2D eigenvalue weighted by atomic mass is 35.5. The quantitative estimate of drug-likeness (QED) is 0.551. The summed E-state index contributed by atoms with van der Waals surface area (Å²) in [5.74, 6) is 2.20. The second-order valence-corrected chi connectivity index (χ2v) is 8.79. The maximum Gasteiger partial charge on any atom is 0.260 e. The number of anilines is 2. The lowest BCUT2D eigenvalue weighted by Crippen LogP contribution is -2.28. The van der Waals surface area contributed by atoms with Gasteiger partial charge in [0.2, 0.25) is 0 Å². The van der Waals surface area contributed by atoms with Gasteiger partial charge in [0.1, 0.15) is 23.7 Å². The molecule has 1 saturated heterocycles. The Balaban J connectivity index is 0.00000274. The van der Waals surface area contributed by atoms with Crippen molar-refractivity contribution in [3.8, 4) is 11.5 Å². The number of halogens is 1. The van der Waals surface area contributed by atoms with E-state index in [2.05, 4.69) is 34.3 Å². The number of carbonyl (C=O) groups is 1. The zero-order chi connectivity index (χ0) is 22.9. The molecule has 1 amide bonds. The number of hydrogen-bond acceptors (Lipinski definition) is 7. The molecule has 0 aliphatic carbocycles. The monoisotopic (exact) mass is 482 g/mol. The molecule has 10 heteroatoms. The van der Waals surface area contributed by atoms with E-state index in [4.69, 9.17) is 9.97 Å². The summed E-state index contributed by atoms with van der Waals surface area (Å²) < 4.78 is 1.99. The Kier molecular flexibility index (Phi) is 7.13. The van der Waals surface area contributed by atoms with Crippen LogP contribution in [0.4, 0.5) is 11.6 Å². The number of aromatic nitrogens is 5. The molecule has 34 heavy (non-hydrogen) atoms. The van der Waals surface area contributed by atoms with Crippen molar-refractivity contribution in [1.29, 1.82) is 0 Å². The van der Waals surface area contributed by atoms with Gasteiger partial charge in [-0.1, -0.05) is 13.0 Å². The Labute approximate surface area is 206 Å². The molecule has 0 radical (unpaired) electrons. The molecule has 5 rings (SSSR count). The minimum absolute atomic E-state index is 0. The van der Waals surface area contributed by atoms with Crippen molar-refractivity contribution in [2.24, 2.45) is 0 Å². The molecule has 1 fully saturated rings. The second kappa shape index (κ2) is 10.1. The lowest BCUT2D eigenvalue weighted by Gasteiger charge is -2.24. The molecule has 3 aromatic rings. The van der Waals surface area contributed by atoms with Crippen LogP contribution in [0.25, 0.3) is 11.5 Å².